The molecule has 2 atom stereocenters. The second-order valence-electron chi connectivity index (χ2n) is 15.1. The summed E-state index contributed by atoms with van der Waals surface area (Å²) in [6.07, 6.45) is 0.949. The van der Waals surface area contributed by atoms with E-state index in [0.717, 1.165) is 45.7 Å². The Hall–Kier alpha value is -5.71. The molecule has 53 heavy (non-hydrogen) atoms. The van der Waals surface area contributed by atoms with Crippen LogP contribution in [0.4, 0.5) is 0 Å². The quantitative estimate of drug-likeness (QED) is 0.170. The van der Waals surface area contributed by atoms with Crippen molar-refractivity contribution in [3.8, 4) is 22.4 Å². The van der Waals surface area contributed by atoms with Crippen LogP contribution in [0.1, 0.15) is 62.4 Å². The van der Waals surface area contributed by atoms with Gasteiger partial charge in [-0.2, -0.15) is 0 Å². The first kappa shape index (κ1) is 33.1. The highest BCUT2D eigenvalue weighted by Gasteiger charge is 2.32. The molecule has 2 aromatic heterocycles. The van der Waals surface area contributed by atoms with E-state index in [-0.39, 0.29) is 17.4 Å². The maximum Gasteiger partial charge on any atom is 0.155 e. The maximum absolute atomic E-state index is 5.29. The fourth-order valence-electron chi connectivity index (χ4n) is 7.70. The number of hydrogen-bond acceptors (Lipinski definition) is 4. The number of hydrogen-bond donors (Lipinski definition) is 0. The van der Waals surface area contributed by atoms with Crippen molar-refractivity contribution in [1.29, 1.82) is 0 Å². The summed E-state index contributed by atoms with van der Waals surface area (Å²) in [6.45, 7) is 8.99. The normalized spacial score (nSPS) is 16.2. The molecule has 0 bridgehead atoms. The molecule has 0 saturated carbocycles. The summed E-state index contributed by atoms with van der Waals surface area (Å²) >= 11 is 1.86. The Morgan fingerprint density at radius 2 is 1.28 bits per heavy atom. The van der Waals surface area contributed by atoms with Crippen LogP contribution < -0.4 is 0 Å². The maximum atomic E-state index is 5.29. The first-order valence-corrected chi connectivity index (χ1v) is 19.4. The monoisotopic (exact) mass is 703 g/mol. The van der Waals surface area contributed by atoms with Gasteiger partial charge in [-0.05, 0) is 76.1 Å². The highest BCUT2D eigenvalue weighted by molar-refractivity contribution is 7.25. The Labute approximate surface area is 315 Å². The van der Waals surface area contributed by atoms with Gasteiger partial charge in [0.05, 0.1) is 23.0 Å². The Kier molecular flexibility index (Phi) is 8.36. The summed E-state index contributed by atoms with van der Waals surface area (Å²) in [5.74, 6) is 0.979. The van der Waals surface area contributed by atoms with Gasteiger partial charge in [0.1, 0.15) is 0 Å². The zero-order chi connectivity index (χ0) is 36.1. The number of fused-ring (bicyclic) bond motifs is 4. The molecule has 0 N–H and O–H groups in total. The number of pyridine rings is 1. The molecule has 3 heterocycles. The lowest BCUT2D eigenvalue weighted by Gasteiger charge is -2.30. The molecule has 0 aliphatic carbocycles. The van der Waals surface area contributed by atoms with Crippen LogP contribution in [-0.4, -0.2) is 16.5 Å². The smallest absolute Gasteiger partial charge is 0.155 e. The molecule has 4 heteroatoms. The lowest BCUT2D eigenvalue weighted by molar-refractivity contribution is 0.532. The van der Waals surface area contributed by atoms with E-state index in [4.69, 9.17) is 15.0 Å². The molecule has 3 nitrogen and oxygen atoms in total. The van der Waals surface area contributed by atoms with Gasteiger partial charge in [-0.3, -0.25) is 4.99 Å². The van der Waals surface area contributed by atoms with E-state index in [0.29, 0.717) is 0 Å². The number of rotatable bonds is 6. The van der Waals surface area contributed by atoms with Gasteiger partial charge in [0.15, 0.2) is 5.84 Å². The number of aliphatic imine (C=N–C) groups is 2. The van der Waals surface area contributed by atoms with Gasteiger partial charge >= 0.3 is 0 Å². The average Bonchev–Trinajstić information content (AvgIpc) is 3.57. The third kappa shape index (κ3) is 6.28. The van der Waals surface area contributed by atoms with Gasteiger partial charge in [-0.15, -0.1) is 11.3 Å². The van der Waals surface area contributed by atoms with Crippen molar-refractivity contribution in [2.75, 3.05) is 0 Å². The summed E-state index contributed by atoms with van der Waals surface area (Å²) < 4.78 is 2.56. The molecule has 0 spiro atoms. The minimum absolute atomic E-state index is 0.00768. The molecule has 0 fully saturated rings. The number of aromatic nitrogens is 1. The summed E-state index contributed by atoms with van der Waals surface area (Å²) in [5.41, 5.74) is 11.6. The Bertz CT molecular complexity index is 2680. The Morgan fingerprint density at radius 3 is 2.04 bits per heavy atom. The van der Waals surface area contributed by atoms with Crippen molar-refractivity contribution < 1.29 is 0 Å². The minimum Gasteiger partial charge on any atom is -0.257 e. The molecule has 6 aromatic carbocycles. The molecule has 0 amide bonds. The largest absolute Gasteiger partial charge is 0.257 e. The molecule has 0 saturated heterocycles. The van der Waals surface area contributed by atoms with Crippen LogP contribution in [-0.2, 0) is 5.41 Å². The first-order chi connectivity index (χ1) is 25.8. The van der Waals surface area contributed by atoms with Crippen LogP contribution in [0.5, 0.6) is 0 Å². The summed E-state index contributed by atoms with van der Waals surface area (Å²) in [6, 6.07) is 54.7. The second kappa shape index (κ2) is 13.4. The molecule has 1 aliphatic heterocycles. The molecule has 1 aliphatic rings. The van der Waals surface area contributed by atoms with Crippen molar-refractivity contribution >= 4 is 54.0 Å². The fourth-order valence-corrected chi connectivity index (χ4v) is 8.82. The highest BCUT2D eigenvalue weighted by Crippen LogP contribution is 2.40. The van der Waals surface area contributed by atoms with E-state index < -0.39 is 0 Å². The zero-order valence-corrected chi connectivity index (χ0v) is 31.4. The third-order valence-electron chi connectivity index (χ3n) is 10.7. The summed E-state index contributed by atoms with van der Waals surface area (Å²) in [4.78, 5) is 15.6. The Balaban J connectivity index is 1.05. The topological polar surface area (TPSA) is 37.6 Å². The summed E-state index contributed by atoms with van der Waals surface area (Å²) in [7, 11) is 0. The molecule has 258 valence electrons. The molecule has 8 aromatic rings. The predicted molar refractivity (Wildman–Crippen MR) is 227 cm³/mol. The molecular weight excluding hydrogens is 663 g/mol. The van der Waals surface area contributed by atoms with Crippen molar-refractivity contribution in [3.63, 3.8) is 0 Å². The van der Waals surface area contributed by atoms with Crippen LogP contribution in [0, 0.1) is 5.92 Å². The van der Waals surface area contributed by atoms with E-state index in [1.165, 1.54) is 48.0 Å². The van der Waals surface area contributed by atoms with Crippen molar-refractivity contribution in [3.05, 3.63) is 174 Å². The van der Waals surface area contributed by atoms with E-state index in [9.17, 15) is 0 Å². The van der Waals surface area contributed by atoms with Gasteiger partial charge in [0.2, 0.25) is 0 Å². The predicted octanol–water partition coefficient (Wildman–Crippen LogP) is 13.3. The Morgan fingerprint density at radius 1 is 0.585 bits per heavy atom. The van der Waals surface area contributed by atoms with Gasteiger partial charge in [-0.25, -0.2) is 9.98 Å². The lowest BCUT2D eigenvalue weighted by Crippen LogP contribution is -2.28. The van der Waals surface area contributed by atoms with Crippen molar-refractivity contribution in [2.24, 2.45) is 15.9 Å². The lowest BCUT2D eigenvalue weighted by atomic mass is 9.83. The van der Waals surface area contributed by atoms with Crippen molar-refractivity contribution in [2.45, 2.75) is 45.6 Å². The van der Waals surface area contributed by atoms with Crippen LogP contribution >= 0.6 is 11.3 Å². The van der Waals surface area contributed by atoms with Gasteiger partial charge < -0.3 is 0 Å². The SMILES string of the molecule is CCC1C(c2ccc3c(c2)sc2ccc(-c4ccc5nc(-c6ccc(C(C)(C)C)cc6)ccc5c4)cc23)=NC(c2ccccc2)=NC1c1ccccc1. The highest BCUT2D eigenvalue weighted by atomic mass is 32.1. The number of thiophene rings is 1. The fraction of sp³-hybridized carbons (Fsp3) is 0.163. The molecular formula is C49H41N3S. The van der Waals surface area contributed by atoms with Gasteiger partial charge in [-0.1, -0.05) is 143 Å². The molecule has 0 radical (unpaired) electrons. The minimum atomic E-state index is 0.00768. The summed E-state index contributed by atoms with van der Waals surface area (Å²) in [5, 5.41) is 3.71. The van der Waals surface area contributed by atoms with Crippen molar-refractivity contribution in [1.82, 2.24) is 4.98 Å². The van der Waals surface area contributed by atoms with Crippen LogP contribution in [0.25, 0.3) is 53.5 Å². The third-order valence-corrected chi connectivity index (χ3v) is 11.8. The van der Waals surface area contributed by atoms with E-state index in [2.05, 4.69) is 173 Å². The number of amidine groups is 1. The van der Waals surface area contributed by atoms with Crippen LogP contribution in [0.2, 0.25) is 0 Å². The standard InChI is InChI=1S/C49H41N3S/c1-5-39-46(32-12-8-6-9-13-32)51-48(33-14-10-7-11-15-33)52-47(39)37-18-24-40-41-29-35(21-27-44(41)53-45(40)30-37)34-19-25-43-36(28-34)20-26-42(50-43)31-16-22-38(23-17-31)49(2,3)4/h6-30,39,46H,5H2,1-4H3. The van der Waals surface area contributed by atoms with Crippen LogP contribution in [0.3, 0.4) is 0 Å². The average molecular weight is 704 g/mol. The van der Waals surface area contributed by atoms with E-state index in [1.807, 2.05) is 17.4 Å². The zero-order valence-electron chi connectivity index (χ0n) is 30.5. The van der Waals surface area contributed by atoms with E-state index >= 15 is 0 Å². The second-order valence-corrected chi connectivity index (χ2v) is 16.2. The number of nitrogens with zero attached hydrogens (tertiary/aromatic N) is 3. The van der Waals surface area contributed by atoms with E-state index in [1.54, 1.807) is 0 Å². The number of benzene rings is 6. The molecule has 2 unspecified atom stereocenters. The molecule has 9 rings (SSSR count). The van der Waals surface area contributed by atoms with Gasteiger partial charge in [0.25, 0.3) is 0 Å². The van der Waals surface area contributed by atoms with Crippen LogP contribution in [0.15, 0.2) is 162 Å². The first-order valence-electron chi connectivity index (χ1n) is 18.6. The van der Waals surface area contributed by atoms with Gasteiger partial charge in [0, 0.05) is 42.6 Å².